The Morgan fingerprint density at radius 3 is 2.49 bits per heavy atom. The van der Waals surface area contributed by atoms with Crippen LogP contribution in [-0.2, 0) is 18.4 Å². The Balaban J connectivity index is 1.07. The van der Waals surface area contributed by atoms with Crippen molar-refractivity contribution in [3.8, 4) is 6.07 Å². The van der Waals surface area contributed by atoms with Gasteiger partial charge in [0.15, 0.2) is 11.5 Å². The molecule has 2 amide bonds. The van der Waals surface area contributed by atoms with Crippen LogP contribution in [0.25, 0.3) is 5.65 Å². The molecule has 0 spiro atoms. The molecule has 2 fully saturated rings. The van der Waals surface area contributed by atoms with Crippen LogP contribution in [0.4, 0.5) is 10.5 Å². The van der Waals surface area contributed by atoms with Gasteiger partial charge in [-0.3, -0.25) is 9.58 Å². The lowest BCUT2D eigenvalue weighted by Gasteiger charge is -2.42. The Bertz CT molecular complexity index is 1640. The third kappa shape index (κ3) is 6.79. The third-order valence-electron chi connectivity index (χ3n) is 9.29. The summed E-state index contributed by atoms with van der Waals surface area (Å²) in [5, 5.41) is 19.1. The number of anilines is 1. The highest BCUT2D eigenvalue weighted by molar-refractivity contribution is 7.98. The van der Waals surface area contributed by atoms with Crippen LogP contribution < -0.4 is 4.90 Å². The number of carbonyl (C=O) groups is 1. The maximum Gasteiger partial charge on any atom is 0.319 e. The second-order valence-corrected chi connectivity index (χ2v) is 13.2. The first-order valence-electron chi connectivity index (χ1n) is 15.7. The Morgan fingerprint density at radius 2 is 1.80 bits per heavy atom. The number of fused-ring (bicyclic) bond motifs is 1. The van der Waals surface area contributed by atoms with Crippen LogP contribution in [0, 0.1) is 11.3 Å². The van der Waals surface area contributed by atoms with Gasteiger partial charge >= 0.3 is 6.03 Å². The number of pyridine rings is 1. The Labute approximate surface area is 269 Å². The van der Waals surface area contributed by atoms with Crippen LogP contribution in [0.3, 0.4) is 0 Å². The van der Waals surface area contributed by atoms with E-state index in [1.165, 1.54) is 10.5 Å². The van der Waals surface area contributed by atoms with E-state index in [4.69, 9.17) is 10.1 Å². The highest BCUT2D eigenvalue weighted by Crippen LogP contribution is 2.40. The molecule has 5 heterocycles. The summed E-state index contributed by atoms with van der Waals surface area (Å²) in [6.07, 6.45) is 11.0. The summed E-state index contributed by atoms with van der Waals surface area (Å²) in [6, 6.07) is 15.5. The monoisotopic (exact) mass is 626 g/mol. The van der Waals surface area contributed by atoms with E-state index >= 15 is 0 Å². The standard InChI is InChI=1S/C33H42N10OS/c1-38(2)32(44)41-20-17-39(18-21-41)19-22-42-25-26(24-35-42)23-30-36-31-29(5-4-14-43(31)37-30)40-15-11-33(10-13-34,12-16-40)27-6-8-28(45-3)9-7-27/h4-9,14,24-25H,10-12,15-23H2,1-3H3. The lowest BCUT2D eigenvalue weighted by Crippen LogP contribution is -2.51. The zero-order valence-corrected chi connectivity index (χ0v) is 27.3. The van der Waals surface area contributed by atoms with Gasteiger partial charge in [0.05, 0.1) is 24.5 Å². The number of hydrogen-bond acceptors (Lipinski definition) is 8. The lowest BCUT2D eigenvalue weighted by atomic mass is 9.71. The zero-order chi connectivity index (χ0) is 31.4. The van der Waals surface area contributed by atoms with Gasteiger partial charge in [-0.1, -0.05) is 12.1 Å². The summed E-state index contributed by atoms with van der Waals surface area (Å²) < 4.78 is 3.87. The number of hydrogen-bond donors (Lipinski definition) is 0. The molecule has 0 aliphatic carbocycles. The number of carbonyl (C=O) groups excluding carboxylic acids is 1. The number of nitrogens with zero attached hydrogens (tertiary/aromatic N) is 10. The van der Waals surface area contributed by atoms with Crippen molar-refractivity contribution in [3.63, 3.8) is 0 Å². The van der Waals surface area contributed by atoms with Gasteiger partial charge in [-0.2, -0.15) is 15.5 Å². The maximum absolute atomic E-state index is 12.2. The van der Waals surface area contributed by atoms with Gasteiger partial charge in [0.2, 0.25) is 0 Å². The van der Waals surface area contributed by atoms with Crippen molar-refractivity contribution in [2.24, 2.45) is 0 Å². The van der Waals surface area contributed by atoms with Crippen molar-refractivity contribution in [1.82, 2.24) is 39.1 Å². The van der Waals surface area contributed by atoms with Gasteiger partial charge in [-0.15, -0.1) is 11.8 Å². The van der Waals surface area contributed by atoms with Crippen molar-refractivity contribution in [1.29, 1.82) is 5.26 Å². The number of thioether (sulfide) groups is 1. The molecule has 0 saturated carbocycles. The van der Waals surface area contributed by atoms with Gasteiger partial charge in [0.1, 0.15) is 0 Å². The fourth-order valence-electron chi connectivity index (χ4n) is 6.59. The van der Waals surface area contributed by atoms with E-state index in [0.717, 1.165) is 87.9 Å². The molecular weight excluding hydrogens is 584 g/mol. The van der Waals surface area contributed by atoms with Gasteiger partial charge in [-0.25, -0.2) is 14.3 Å². The number of piperidine rings is 1. The lowest BCUT2D eigenvalue weighted by molar-refractivity contribution is 0.120. The van der Waals surface area contributed by atoms with Crippen LogP contribution in [0.1, 0.15) is 36.2 Å². The average molecular weight is 627 g/mol. The second kappa shape index (κ2) is 13.5. The number of amides is 2. The molecule has 1 aromatic carbocycles. The van der Waals surface area contributed by atoms with E-state index in [2.05, 4.69) is 63.8 Å². The SMILES string of the molecule is CSc1ccc(C2(CC#N)CCN(c3cccn4nc(Cc5cnn(CCN6CCN(C(=O)N(C)C)CC6)c5)nc34)CC2)cc1. The van der Waals surface area contributed by atoms with Gasteiger partial charge in [-0.05, 0) is 54.5 Å². The van der Waals surface area contributed by atoms with Crippen molar-refractivity contribution in [3.05, 3.63) is 71.9 Å². The predicted molar refractivity (Wildman–Crippen MR) is 177 cm³/mol. The molecule has 0 bridgehead atoms. The molecule has 12 heteroatoms. The molecule has 0 atom stereocenters. The molecule has 2 aliphatic rings. The zero-order valence-electron chi connectivity index (χ0n) is 26.5. The molecule has 11 nitrogen and oxygen atoms in total. The first-order valence-corrected chi connectivity index (χ1v) is 16.9. The number of piperazine rings is 1. The number of aromatic nitrogens is 5. The summed E-state index contributed by atoms with van der Waals surface area (Å²) in [5.41, 5.74) is 4.18. The minimum absolute atomic E-state index is 0.0838. The quantitative estimate of drug-likeness (QED) is 0.257. The Kier molecular flexibility index (Phi) is 9.28. The number of nitriles is 1. The van der Waals surface area contributed by atoms with Crippen molar-refractivity contribution in [2.45, 2.75) is 42.5 Å². The van der Waals surface area contributed by atoms with E-state index in [1.807, 2.05) is 32.6 Å². The molecule has 3 aromatic heterocycles. The van der Waals surface area contributed by atoms with Gasteiger partial charge < -0.3 is 14.7 Å². The fraction of sp³-hybridized carbons (Fsp3) is 0.485. The van der Waals surface area contributed by atoms with E-state index < -0.39 is 0 Å². The smallest absolute Gasteiger partial charge is 0.319 e. The maximum atomic E-state index is 12.2. The minimum atomic E-state index is -0.119. The summed E-state index contributed by atoms with van der Waals surface area (Å²) in [5.74, 6) is 0.772. The van der Waals surface area contributed by atoms with E-state index in [1.54, 1.807) is 30.8 Å². The number of benzene rings is 1. The fourth-order valence-corrected chi connectivity index (χ4v) is 7.00. The molecule has 0 radical (unpaired) electrons. The topological polar surface area (TPSA) is 102 Å². The minimum Gasteiger partial charge on any atom is -0.368 e. The second-order valence-electron chi connectivity index (χ2n) is 12.3. The normalized spacial score (nSPS) is 17.0. The molecule has 0 unspecified atom stereocenters. The van der Waals surface area contributed by atoms with Crippen LogP contribution in [-0.4, -0.2) is 111 Å². The van der Waals surface area contributed by atoms with Crippen LogP contribution in [0.2, 0.25) is 0 Å². The number of urea groups is 1. The predicted octanol–water partition coefficient (Wildman–Crippen LogP) is 3.99. The summed E-state index contributed by atoms with van der Waals surface area (Å²) in [4.78, 5) is 26.8. The van der Waals surface area contributed by atoms with Gasteiger partial charge in [0.25, 0.3) is 0 Å². The first kappa shape index (κ1) is 30.9. The molecule has 4 aromatic rings. The molecule has 6 rings (SSSR count). The first-order chi connectivity index (χ1) is 21.9. The highest BCUT2D eigenvalue weighted by Gasteiger charge is 2.37. The van der Waals surface area contributed by atoms with E-state index in [0.29, 0.717) is 12.8 Å². The highest BCUT2D eigenvalue weighted by atomic mass is 32.2. The average Bonchev–Trinajstić information content (AvgIpc) is 3.70. The number of rotatable bonds is 9. The molecular formula is C33H42N10OS. The summed E-state index contributed by atoms with van der Waals surface area (Å²) in [7, 11) is 3.60. The van der Waals surface area contributed by atoms with Crippen molar-refractivity contribution < 1.29 is 4.79 Å². The molecule has 2 aliphatic heterocycles. The van der Waals surface area contributed by atoms with Crippen LogP contribution >= 0.6 is 11.8 Å². The molecule has 2 saturated heterocycles. The Morgan fingerprint density at radius 1 is 1.04 bits per heavy atom. The van der Waals surface area contributed by atoms with Crippen LogP contribution in [0.5, 0.6) is 0 Å². The van der Waals surface area contributed by atoms with E-state index in [-0.39, 0.29) is 11.4 Å². The van der Waals surface area contributed by atoms with Crippen molar-refractivity contribution >= 4 is 29.1 Å². The van der Waals surface area contributed by atoms with Gasteiger partial charge in [0, 0.05) is 95.5 Å². The molecule has 0 N–H and O–H groups in total. The molecule has 236 valence electrons. The van der Waals surface area contributed by atoms with Crippen molar-refractivity contribution in [2.75, 3.05) is 71.1 Å². The third-order valence-corrected chi connectivity index (χ3v) is 10.0. The Hall–Kier alpha value is -4.08. The summed E-state index contributed by atoms with van der Waals surface area (Å²) in [6.45, 7) is 6.69. The van der Waals surface area contributed by atoms with E-state index in [9.17, 15) is 10.1 Å². The summed E-state index contributed by atoms with van der Waals surface area (Å²) >= 11 is 1.74. The van der Waals surface area contributed by atoms with Crippen LogP contribution in [0.15, 0.2) is 59.9 Å². The molecule has 45 heavy (non-hydrogen) atoms. The largest absolute Gasteiger partial charge is 0.368 e.